The molecule has 0 unspecified atom stereocenters. The van der Waals surface area contributed by atoms with Gasteiger partial charge in [0.05, 0.1) is 12.2 Å². The van der Waals surface area contributed by atoms with E-state index in [9.17, 15) is 4.79 Å². The van der Waals surface area contributed by atoms with E-state index < -0.39 is 5.60 Å². The van der Waals surface area contributed by atoms with Crippen molar-refractivity contribution in [2.24, 2.45) is 0 Å². The zero-order valence-corrected chi connectivity index (χ0v) is 31.2. The molecular weight excluding hydrogens is 612 g/mol. The number of carbonyl (C=O) groups is 1. The highest BCUT2D eigenvalue weighted by Gasteiger charge is 2.27. The number of hydrogen-bond acceptors (Lipinski definition) is 7. The van der Waals surface area contributed by atoms with Crippen molar-refractivity contribution in [1.29, 1.82) is 0 Å². The molecule has 4 aliphatic rings. The molecule has 2 saturated carbocycles. The Kier molecular flexibility index (Phi) is 14.1. The van der Waals surface area contributed by atoms with Crippen molar-refractivity contribution in [3.05, 3.63) is 58.7 Å². The maximum Gasteiger partial charge on any atom is 0.410 e. The molecule has 2 aromatic rings. The monoisotopic (exact) mass is 676 g/mol. The number of nitrogens with one attached hydrogen (secondary N) is 1. The normalized spacial score (nSPS) is 20.3. The number of benzene rings is 2. The van der Waals surface area contributed by atoms with Gasteiger partial charge in [0.15, 0.2) is 0 Å². The number of ether oxygens (including phenoxy) is 3. The molecule has 0 bridgehead atoms. The van der Waals surface area contributed by atoms with Gasteiger partial charge in [-0.25, -0.2) is 4.79 Å². The third-order valence-corrected chi connectivity index (χ3v) is 10.2. The molecule has 1 N–H and O–H groups in total. The first-order valence-electron chi connectivity index (χ1n) is 19.3. The van der Waals surface area contributed by atoms with Crippen LogP contribution in [0, 0.1) is 13.8 Å². The first-order valence-corrected chi connectivity index (χ1v) is 19.3. The molecule has 0 atom stereocenters. The zero-order chi connectivity index (χ0) is 34.6. The third kappa shape index (κ3) is 12.5. The Morgan fingerprint density at radius 1 is 0.673 bits per heavy atom. The Balaban J connectivity index is 0.000000199. The van der Waals surface area contributed by atoms with Crippen LogP contribution in [0.2, 0.25) is 0 Å². The zero-order valence-electron chi connectivity index (χ0n) is 31.2. The van der Waals surface area contributed by atoms with Gasteiger partial charge in [0, 0.05) is 76.6 Å². The molecule has 272 valence electrons. The Morgan fingerprint density at radius 3 is 1.57 bits per heavy atom. The predicted molar refractivity (Wildman–Crippen MR) is 199 cm³/mol. The lowest BCUT2D eigenvalue weighted by atomic mass is 9.97. The SMILES string of the molecule is Cc1ccc(CN2CCN(C(=O)OC(C)(C)C)CC2)c(OC2CCCCC2)c1.Cc1ccc(CN2CCNCC2)c(OC2CCCCC2)c1. The van der Waals surface area contributed by atoms with Crippen molar-refractivity contribution in [1.82, 2.24) is 20.0 Å². The van der Waals surface area contributed by atoms with E-state index in [0.29, 0.717) is 25.3 Å². The van der Waals surface area contributed by atoms with Gasteiger partial charge >= 0.3 is 6.09 Å². The van der Waals surface area contributed by atoms with E-state index in [1.807, 2.05) is 25.7 Å². The van der Waals surface area contributed by atoms with Crippen molar-refractivity contribution in [3.8, 4) is 11.5 Å². The van der Waals surface area contributed by atoms with Crippen LogP contribution < -0.4 is 14.8 Å². The molecule has 0 radical (unpaired) electrons. The Morgan fingerprint density at radius 2 is 1.12 bits per heavy atom. The van der Waals surface area contributed by atoms with Crippen molar-refractivity contribution in [3.63, 3.8) is 0 Å². The van der Waals surface area contributed by atoms with E-state index in [1.54, 1.807) is 0 Å². The molecule has 0 spiro atoms. The Hall–Kier alpha value is -2.81. The fraction of sp³-hybridized carbons (Fsp3) is 0.683. The number of piperazine rings is 2. The van der Waals surface area contributed by atoms with Gasteiger partial charge in [-0.1, -0.05) is 37.1 Å². The molecular formula is C41H64N4O4. The molecule has 4 fully saturated rings. The predicted octanol–water partition coefficient (Wildman–Crippen LogP) is 7.87. The second kappa shape index (κ2) is 18.4. The van der Waals surface area contributed by atoms with Gasteiger partial charge in [0.25, 0.3) is 0 Å². The quantitative estimate of drug-likeness (QED) is 0.305. The van der Waals surface area contributed by atoms with Crippen molar-refractivity contribution >= 4 is 6.09 Å². The van der Waals surface area contributed by atoms with Crippen LogP contribution in [0.5, 0.6) is 11.5 Å². The van der Waals surface area contributed by atoms with Crippen LogP contribution in [0.15, 0.2) is 36.4 Å². The standard InChI is InChI=1S/C23H36N2O3.C18H28N2O/c1-18-10-11-19(21(16-18)27-20-8-6-5-7-9-20)17-24-12-14-25(15-13-24)22(26)28-23(2,3)4;1-15-7-8-16(14-20-11-9-19-10-12-20)18(13-15)21-17-5-3-2-4-6-17/h10-11,16,20H,5-9,12-15,17H2,1-4H3;7-8,13,17,19H,2-6,9-12,14H2,1H3. The molecule has 2 aliphatic heterocycles. The van der Waals surface area contributed by atoms with Crippen LogP contribution >= 0.6 is 0 Å². The van der Waals surface area contributed by atoms with Gasteiger partial charge in [-0.15, -0.1) is 0 Å². The van der Waals surface area contributed by atoms with E-state index in [-0.39, 0.29) is 6.09 Å². The summed E-state index contributed by atoms with van der Waals surface area (Å²) in [6.45, 7) is 19.5. The van der Waals surface area contributed by atoms with E-state index in [2.05, 4.69) is 65.4 Å². The highest BCUT2D eigenvalue weighted by Crippen LogP contribution is 2.30. The first kappa shape index (κ1) is 37.4. The molecule has 2 saturated heterocycles. The number of nitrogens with zero attached hydrogens (tertiary/aromatic N) is 3. The van der Waals surface area contributed by atoms with Crippen LogP contribution in [-0.4, -0.2) is 91.0 Å². The summed E-state index contributed by atoms with van der Waals surface area (Å²) in [6, 6.07) is 13.3. The highest BCUT2D eigenvalue weighted by molar-refractivity contribution is 5.68. The minimum absolute atomic E-state index is 0.205. The lowest BCUT2D eigenvalue weighted by Crippen LogP contribution is -2.49. The van der Waals surface area contributed by atoms with Gasteiger partial charge in [-0.3, -0.25) is 9.80 Å². The molecule has 2 heterocycles. The number of aryl methyl sites for hydroxylation is 2. The van der Waals surface area contributed by atoms with Crippen LogP contribution in [-0.2, 0) is 17.8 Å². The van der Waals surface area contributed by atoms with Crippen molar-refractivity contribution in [2.75, 3.05) is 52.4 Å². The number of amides is 1. The second-order valence-corrected chi connectivity index (χ2v) is 15.7. The second-order valence-electron chi connectivity index (χ2n) is 15.7. The highest BCUT2D eigenvalue weighted by atomic mass is 16.6. The maximum absolute atomic E-state index is 12.3. The summed E-state index contributed by atoms with van der Waals surface area (Å²) in [6.07, 6.45) is 13.3. The van der Waals surface area contributed by atoms with Crippen LogP contribution in [0.3, 0.4) is 0 Å². The average Bonchev–Trinajstić information content (AvgIpc) is 3.08. The lowest BCUT2D eigenvalue weighted by molar-refractivity contribution is 0.0137. The van der Waals surface area contributed by atoms with E-state index in [4.69, 9.17) is 14.2 Å². The molecule has 6 rings (SSSR count). The van der Waals surface area contributed by atoms with Crippen LogP contribution in [0.1, 0.15) is 107 Å². The summed E-state index contributed by atoms with van der Waals surface area (Å²) in [5, 5.41) is 3.42. The van der Waals surface area contributed by atoms with Gasteiger partial charge in [0.2, 0.25) is 0 Å². The van der Waals surface area contributed by atoms with Crippen LogP contribution in [0.25, 0.3) is 0 Å². The lowest BCUT2D eigenvalue weighted by Gasteiger charge is -2.36. The van der Waals surface area contributed by atoms with Gasteiger partial charge in [-0.2, -0.15) is 0 Å². The van der Waals surface area contributed by atoms with Gasteiger partial charge in [-0.05, 0) is 109 Å². The smallest absolute Gasteiger partial charge is 0.410 e. The first-order chi connectivity index (χ1) is 23.6. The summed E-state index contributed by atoms with van der Waals surface area (Å²) in [7, 11) is 0. The molecule has 2 aromatic carbocycles. The maximum atomic E-state index is 12.3. The molecule has 2 aliphatic carbocycles. The Bertz CT molecular complexity index is 1300. The fourth-order valence-electron chi connectivity index (χ4n) is 7.30. The molecule has 1 amide bonds. The summed E-state index contributed by atoms with van der Waals surface area (Å²) in [4.78, 5) is 19.0. The van der Waals surface area contributed by atoms with E-state index in [1.165, 1.54) is 86.5 Å². The number of carbonyl (C=O) groups excluding carboxylic acids is 1. The number of hydrogen-bond donors (Lipinski definition) is 1. The Labute approximate surface area is 296 Å². The van der Waals surface area contributed by atoms with Crippen molar-refractivity contribution in [2.45, 2.75) is 130 Å². The van der Waals surface area contributed by atoms with Crippen molar-refractivity contribution < 1.29 is 19.0 Å². The minimum Gasteiger partial charge on any atom is -0.490 e. The fourth-order valence-corrected chi connectivity index (χ4v) is 7.30. The van der Waals surface area contributed by atoms with Gasteiger partial charge in [0.1, 0.15) is 17.1 Å². The van der Waals surface area contributed by atoms with Gasteiger partial charge < -0.3 is 24.4 Å². The summed E-state index contributed by atoms with van der Waals surface area (Å²) >= 11 is 0. The van der Waals surface area contributed by atoms with Crippen LogP contribution in [0.4, 0.5) is 4.79 Å². The topological polar surface area (TPSA) is 66.5 Å². The van der Waals surface area contributed by atoms with E-state index in [0.717, 1.165) is 63.9 Å². The number of rotatable bonds is 8. The summed E-state index contributed by atoms with van der Waals surface area (Å²) in [5.74, 6) is 2.17. The largest absolute Gasteiger partial charge is 0.490 e. The molecule has 49 heavy (non-hydrogen) atoms. The summed E-state index contributed by atoms with van der Waals surface area (Å²) in [5.41, 5.74) is 4.70. The summed E-state index contributed by atoms with van der Waals surface area (Å²) < 4.78 is 18.3. The molecule has 0 aromatic heterocycles. The third-order valence-electron chi connectivity index (χ3n) is 10.2. The molecule has 8 nitrogen and oxygen atoms in total. The van der Waals surface area contributed by atoms with E-state index >= 15 is 0 Å². The molecule has 8 heteroatoms. The minimum atomic E-state index is -0.443. The average molecular weight is 677 g/mol.